The number of alkyl halides is 3. The Morgan fingerprint density at radius 1 is 1.38 bits per heavy atom. The van der Waals surface area contributed by atoms with E-state index < -0.39 is 23.6 Å². The highest BCUT2D eigenvalue weighted by molar-refractivity contribution is 5.30. The van der Waals surface area contributed by atoms with Crippen molar-refractivity contribution in [2.75, 3.05) is 0 Å². The molecule has 0 saturated heterocycles. The smallest absolute Gasteiger partial charge is 0.323 e. The van der Waals surface area contributed by atoms with E-state index in [2.05, 4.69) is 5.92 Å². The first-order valence-corrected chi connectivity index (χ1v) is 4.42. The zero-order valence-corrected chi connectivity index (χ0v) is 8.18. The van der Waals surface area contributed by atoms with Gasteiger partial charge in [-0.1, -0.05) is 12.1 Å². The summed E-state index contributed by atoms with van der Waals surface area (Å²) < 4.78 is 50.5. The maximum absolute atomic E-state index is 13.5. The van der Waals surface area contributed by atoms with Crippen molar-refractivity contribution in [2.45, 2.75) is 18.6 Å². The quantitative estimate of drug-likeness (QED) is 0.614. The number of rotatable bonds is 2. The summed E-state index contributed by atoms with van der Waals surface area (Å²) in [4.78, 5) is 0. The van der Waals surface area contributed by atoms with Crippen molar-refractivity contribution >= 4 is 0 Å². The first kappa shape index (κ1) is 12.5. The maximum Gasteiger partial charge on any atom is 0.419 e. The van der Waals surface area contributed by atoms with Crippen LogP contribution < -0.4 is 5.73 Å². The van der Waals surface area contributed by atoms with Gasteiger partial charge in [0.15, 0.2) is 0 Å². The van der Waals surface area contributed by atoms with Crippen molar-refractivity contribution in [3.8, 4) is 12.3 Å². The third-order valence-corrected chi connectivity index (χ3v) is 2.07. The average Bonchev–Trinajstić information content (AvgIpc) is 2.16. The van der Waals surface area contributed by atoms with E-state index in [9.17, 15) is 17.6 Å². The highest BCUT2D eigenvalue weighted by Crippen LogP contribution is 2.33. The number of nitrogens with two attached hydrogens (primary N) is 1. The Hall–Kier alpha value is -1.54. The van der Waals surface area contributed by atoms with E-state index in [1.165, 1.54) is 6.07 Å². The zero-order valence-electron chi connectivity index (χ0n) is 8.18. The standard InChI is InChI=1S/C11H9F4N/c1-2-4-9(16)7-5-3-6-8(10(7)12)11(13,14)15/h1,3,5-6,9H,4,16H2. The molecule has 1 nitrogen and oxygen atoms in total. The second-order valence-electron chi connectivity index (χ2n) is 3.22. The second-order valence-corrected chi connectivity index (χ2v) is 3.22. The molecule has 1 unspecified atom stereocenters. The van der Waals surface area contributed by atoms with Gasteiger partial charge in [-0.2, -0.15) is 13.2 Å². The fraction of sp³-hybridized carbons (Fsp3) is 0.273. The lowest BCUT2D eigenvalue weighted by Gasteiger charge is -2.14. The molecule has 0 saturated carbocycles. The van der Waals surface area contributed by atoms with Gasteiger partial charge in [-0.05, 0) is 6.07 Å². The molecule has 0 heterocycles. The van der Waals surface area contributed by atoms with E-state index in [4.69, 9.17) is 12.2 Å². The lowest BCUT2D eigenvalue weighted by atomic mass is 10.0. The molecule has 2 N–H and O–H groups in total. The minimum Gasteiger partial charge on any atom is -0.323 e. The summed E-state index contributed by atoms with van der Waals surface area (Å²) in [5.74, 6) is 0.829. The van der Waals surface area contributed by atoms with E-state index in [0.29, 0.717) is 6.07 Å². The minimum atomic E-state index is -4.73. The number of benzene rings is 1. The Balaban J connectivity index is 3.20. The third-order valence-electron chi connectivity index (χ3n) is 2.07. The minimum absolute atomic E-state index is 0.0156. The highest BCUT2D eigenvalue weighted by Gasteiger charge is 2.35. The van der Waals surface area contributed by atoms with Crippen LogP contribution in [0.25, 0.3) is 0 Å². The van der Waals surface area contributed by atoms with E-state index in [1.54, 1.807) is 0 Å². The average molecular weight is 231 g/mol. The molecule has 86 valence electrons. The highest BCUT2D eigenvalue weighted by atomic mass is 19.4. The van der Waals surface area contributed by atoms with Crippen molar-refractivity contribution in [1.82, 2.24) is 0 Å². The number of halogens is 4. The van der Waals surface area contributed by atoms with Crippen LogP contribution in [-0.2, 0) is 6.18 Å². The molecule has 0 aromatic heterocycles. The molecule has 16 heavy (non-hydrogen) atoms. The molecule has 1 atom stereocenters. The van der Waals surface area contributed by atoms with Gasteiger partial charge in [0.1, 0.15) is 5.82 Å². The molecule has 0 aliphatic rings. The monoisotopic (exact) mass is 231 g/mol. The van der Waals surface area contributed by atoms with Gasteiger partial charge in [0.2, 0.25) is 0 Å². The van der Waals surface area contributed by atoms with Gasteiger partial charge in [-0.25, -0.2) is 4.39 Å². The second kappa shape index (κ2) is 4.54. The van der Waals surface area contributed by atoms with Gasteiger partial charge in [-0.15, -0.1) is 12.3 Å². The summed E-state index contributed by atoms with van der Waals surface area (Å²) in [7, 11) is 0. The van der Waals surface area contributed by atoms with Crippen LogP contribution in [0.5, 0.6) is 0 Å². The van der Waals surface area contributed by atoms with Crippen molar-refractivity contribution in [3.05, 3.63) is 35.1 Å². The summed E-state index contributed by atoms with van der Waals surface area (Å²) >= 11 is 0. The van der Waals surface area contributed by atoms with Gasteiger partial charge < -0.3 is 5.73 Å². The molecule has 1 rings (SSSR count). The van der Waals surface area contributed by atoms with Crippen molar-refractivity contribution in [3.63, 3.8) is 0 Å². The summed E-state index contributed by atoms with van der Waals surface area (Å²) in [5, 5.41) is 0. The fourth-order valence-electron chi connectivity index (χ4n) is 1.29. The van der Waals surface area contributed by atoms with Gasteiger partial charge in [0.05, 0.1) is 5.56 Å². The first-order chi connectivity index (χ1) is 7.38. The van der Waals surface area contributed by atoms with Crippen LogP contribution in [0.3, 0.4) is 0 Å². The van der Waals surface area contributed by atoms with Gasteiger partial charge in [0, 0.05) is 18.0 Å². The SMILES string of the molecule is C#CCC(N)c1cccc(C(F)(F)F)c1F. The third kappa shape index (κ3) is 2.52. The van der Waals surface area contributed by atoms with Crippen LogP contribution in [-0.4, -0.2) is 0 Å². The Labute approximate surface area is 90.3 Å². The molecular weight excluding hydrogens is 222 g/mol. The summed E-state index contributed by atoms with van der Waals surface area (Å²) in [6.07, 6.45) is 0.224. The number of hydrogen-bond donors (Lipinski definition) is 1. The Kier molecular flexibility index (Phi) is 3.55. The molecule has 0 radical (unpaired) electrons. The Bertz CT molecular complexity index is 417. The van der Waals surface area contributed by atoms with Crippen molar-refractivity contribution in [2.24, 2.45) is 5.73 Å². The molecule has 0 aliphatic heterocycles. The largest absolute Gasteiger partial charge is 0.419 e. The van der Waals surface area contributed by atoms with Crippen LogP contribution >= 0.6 is 0 Å². The summed E-state index contributed by atoms with van der Waals surface area (Å²) in [5.41, 5.74) is 3.93. The predicted molar refractivity (Wildman–Crippen MR) is 51.8 cm³/mol. The van der Waals surface area contributed by atoms with E-state index >= 15 is 0 Å². The molecule has 0 aliphatic carbocycles. The van der Waals surface area contributed by atoms with Crippen LogP contribution in [0, 0.1) is 18.2 Å². The van der Waals surface area contributed by atoms with E-state index in [1.807, 2.05) is 0 Å². The van der Waals surface area contributed by atoms with Crippen LogP contribution in [0.15, 0.2) is 18.2 Å². The van der Waals surface area contributed by atoms with Crippen molar-refractivity contribution < 1.29 is 17.6 Å². The molecule has 0 amide bonds. The molecule has 0 spiro atoms. The lowest BCUT2D eigenvalue weighted by molar-refractivity contribution is -0.140. The Morgan fingerprint density at radius 3 is 2.50 bits per heavy atom. The molecule has 1 aromatic rings. The van der Waals surface area contributed by atoms with Crippen LogP contribution in [0.1, 0.15) is 23.6 Å². The van der Waals surface area contributed by atoms with Crippen LogP contribution in [0.2, 0.25) is 0 Å². The lowest BCUT2D eigenvalue weighted by Crippen LogP contribution is -2.15. The normalized spacial score (nSPS) is 13.2. The maximum atomic E-state index is 13.5. The zero-order chi connectivity index (χ0) is 12.3. The fourth-order valence-corrected chi connectivity index (χ4v) is 1.29. The number of hydrogen-bond acceptors (Lipinski definition) is 1. The van der Waals surface area contributed by atoms with Gasteiger partial charge in [0.25, 0.3) is 0 Å². The molecule has 1 aromatic carbocycles. The molecule has 0 bridgehead atoms. The van der Waals surface area contributed by atoms with E-state index in [0.717, 1.165) is 6.07 Å². The molecule has 5 heteroatoms. The van der Waals surface area contributed by atoms with Crippen molar-refractivity contribution in [1.29, 1.82) is 0 Å². The van der Waals surface area contributed by atoms with E-state index in [-0.39, 0.29) is 12.0 Å². The summed E-state index contributed by atoms with van der Waals surface area (Å²) in [6.45, 7) is 0. The first-order valence-electron chi connectivity index (χ1n) is 4.42. The Morgan fingerprint density at radius 2 is 2.00 bits per heavy atom. The molecular formula is C11H9F4N. The summed E-state index contributed by atoms with van der Waals surface area (Å²) in [6, 6.07) is 2.05. The molecule has 0 fully saturated rings. The predicted octanol–water partition coefficient (Wildman–Crippen LogP) is 2.87. The van der Waals surface area contributed by atoms with Crippen LogP contribution in [0.4, 0.5) is 17.6 Å². The number of terminal acetylenes is 1. The van der Waals surface area contributed by atoms with Gasteiger partial charge >= 0.3 is 6.18 Å². The van der Waals surface area contributed by atoms with Gasteiger partial charge in [-0.3, -0.25) is 0 Å². The topological polar surface area (TPSA) is 26.0 Å².